The number of imide groups is 1. The van der Waals surface area contributed by atoms with Gasteiger partial charge in [0.25, 0.3) is 11.1 Å². The summed E-state index contributed by atoms with van der Waals surface area (Å²) in [6, 6.07) is 16.4. The molecule has 0 saturated carbocycles. The average molecular weight is 623 g/mol. The monoisotopic (exact) mass is 621 g/mol. The summed E-state index contributed by atoms with van der Waals surface area (Å²) in [7, 11) is 1.53. The number of rotatable bonds is 9. The number of hydrogen-bond donors (Lipinski definition) is 0. The molecule has 10 heteroatoms. The Morgan fingerprint density at radius 2 is 1.76 bits per heavy atom. The van der Waals surface area contributed by atoms with Gasteiger partial charge in [-0.1, -0.05) is 47.0 Å². The van der Waals surface area contributed by atoms with Crippen LogP contribution < -0.4 is 14.2 Å². The second-order valence-corrected chi connectivity index (χ2v) is 10.7. The van der Waals surface area contributed by atoms with E-state index in [1.807, 2.05) is 37.3 Å². The van der Waals surface area contributed by atoms with Crippen molar-refractivity contribution >= 4 is 68.1 Å². The van der Waals surface area contributed by atoms with Crippen LogP contribution in [-0.4, -0.2) is 36.3 Å². The van der Waals surface area contributed by atoms with Crippen LogP contribution in [0.3, 0.4) is 0 Å². The Morgan fingerprint density at radius 1 is 1.00 bits per heavy atom. The van der Waals surface area contributed by atoms with Crippen LogP contribution in [0.15, 0.2) is 64.0 Å². The molecule has 0 bridgehead atoms. The Labute approximate surface area is 237 Å². The molecule has 1 fully saturated rings. The molecule has 0 unspecified atom stereocenters. The first-order valence-electron chi connectivity index (χ1n) is 11.1. The molecule has 3 aromatic carbocycles. The zero-order valence-electron chi connectivity index (χ0n) is 19.9. The fourth-order valence-electron chi connectivity index (χ4n) is 3.48. The van der Waals surface area contributed by atoms with Crippen LogP contribution in [-0.2, 0) is 11.4 Å². The van der Waals surface area contributed by atoms with Gasteiger partial charge in [-0.05, 0) is 88.2 Å². The molecule has 1 saturated heterocycles. The van der Waals surface area contributed by atoms with Crippen molar-refractivity contribution < 1.29 is 23.8 Å². The van der Waals surface area contributed by atoms with E-state index in [-0.39, 0.29) is 30.9 Å². The van der Waals surface area contributed by atoms with E-state index in [1.54, 1.807) is 30.3 Å². The molecule has 6 nitrogen and oxygen atoms in total. The molecule has 192 valence electrons. The number of methoxy groups -OCH3 is 1. The lowest BCUT2D eigenvalue weighted by molar-refractivity contribution is -0.123. The van der Waals surface area contributed by atoms with Gasteiger partial charge in [0.1, 0.15) is 19.0 Å². The molecule has 0 atom stereocenters. The van der Waals surface area contributed by atoms with E-state index >= 15 is 0 Å². The van der Waals surface area contributed by atoms with Crippen molar-refractivity contribution in [3.8, 4) is 17.2 Å². The van der Waals surface area contributed by atoms with Crippen molar-refractivity contribution in [1.82, 2.24) is 4.90 Å². The minimum absolute atomic E-state index is 0.157. The van der Waals surface area contributed by atoms with Crippen molar-refractivity contribution in [2.24, 2.45) is 0 Å². The third kappa shape index (κ3) is 6.82. The fourth-order valence-corrected chi connectivity index (χ4v) is 5.24. The summed E-state index contributed by atoms with van der Waals surface area (Å²) in [5.74, 6) is 1.28. The lowest BCUT2D eigenvalue weighted by Gasteiger charge is -2.14. The molecule has 0 aliphatic carbocycles. The normalized spacial score (nSPS) is 14.4. The molecule has 4 rings (SSSR count). The topological polar surface area (TPSA) is 65.1 Å². The molecule has 0 N–H and O–H groups in total. The van der Waals surface area contributed by atoms with Gasteiger partial charge in [-0.2, -0.15) is 0 Å². The third-order valence-corrected chi connectivity index (χ3v) is 7.63. The number of halogens is 3. The number of carbonyl (C=O) groups excluding carboxylic acids is 2. The van der Waals surface area contributed by atoms with E-state index in [0.29, 0.717) is 42.2 Å². The number of ether oxygens (including phenoxy) is 3. The maximum atomic E-state index is 12.9. The Kier molecular flexibility index (Phi) is 9.08. The molecule has 3 aromatic rings. The summed E-state index contributed by atoms with van der Waals surface area (Å²) in [6.07, 6.45) is 1.65. The Hall–Kier alpha value is -2.65. The molecule has 1 aliphatic rings. The van der Waals surface area contributed by atoms with Crippen molar-refractivity contribution in [2.45, 2.75) is 13.5 Å². The van der Waals surface area contributed by atoms with E-state index in [2.05, 4.69) is 15.9 Å². The van der Waals surface area contributed by atoms with Crippen LogP contribution in [0.2, 0.25) is 10.0 Å². The molecule has 0 radical (unpaired) electrons. The first-order valence-corrected chi connectivity index (χ1v) is 13.5. The average Bonchev–Trinajstić information content (AvgIpc) is 3.13. The summed E-state index contributed by atoms with van der Waals surface area (Å²) >= 11 is 16.5. The van der Waals surface area contributed by atoms with E-state index in [1.165, 1.54) is 12.0 Å². The highest BCUT2D eigenvalue weighted by atomic mass is 79.9. The summed E-state index contributed by atoms with van der Waals surface area (Å²) in [5.41, 5.74) is 2.64. The number of nitrogens with zero attached hydrogens (tertiary/aromatic N) is 1. The molecule has 1 heterocycles. The zero-order valence-corrected chi connectivity index (χ0v) is 23.8. The highest BCUT2D eigenvalue weighted by Gasteiger charge is 2.35. The lowest BCUT2D eigenvalue weighted by atomic mass is 10.1. The van der Waals surface area contributed by atoms with Crippen LogP contribution in [0, 0.1) is 6.92 Å². The molecule has 1 aliphatic heterocycles. The number of carbonyl (C=O) groups is 2. The zero-order chi connectivity index (χ0) is 26.5. The van der Waals surface area contributed by atoms with E-state index in [4.69, 9.17) is 37.4 Å². The van der Waals surface area contributed by atoms with Crippen LogP contribution in [0.25, 0.3) is 6.08 Å². The quantitative estimate of drug-likeness (QED) is 0.227. The summed E-state index contributed by atoms with van der Waals surface area (Å²) in [6.45, 7) is 2.60. The van der Waals surface area contributed by atoms with Crippen molar-refractivity contribution in [2.75, 3.05) is 20.3 Å². The van der Waals surface area contributed by atoms with Gasteiger partial charge < -0.3 is 14.2 Å². The summed E-state index contributed by atoms with van der Waals surface area (Å²) < 4.78 is 17.8. The smallest absolute Gasteiger partial charge is 0.293 e. The van der Waals surface area contributed by atoms with Gasteiger partial charge in [-0.25, -0.2) is 0 Å². The largest absolute Gasteiger partial charge is 0.493 e. The number of amides is 2. The third-order valence-electron chi connectivity index (χ3n) is 5.39. The SMILES string of the molecule is COc1cc(/C=C2\SC(=O)N(CCOc3ccc(C)cc3)C2=O)cc(Br)c1OCc1ccc(Cl)c(Cl)c1. The number of hydrogen-bond acceptors (Lipinski definition) is 6. The molecular weight excluding hydrogens is 601 g/mol. The van der Waals surface area contributed by atoms with Gasteiger partial charge in [-0.15, -0.1) is 0 Å². The second-order valence-electron chi connectivity index (χ2n) is 8.07. The maximum absolute atomic E-state index is 12.9. The van der Waals surface area contributed by atoms with Gasteiger partial charge in [0.05, 0.1) is 33.1 Å². The Balaban J connectivity index is 1.43. The van der Waals surface area contributed by atoms with Gasteiger partial charge in [0.2, 0.25) is 0 Å². The Bertz CT molecular complexity index is 1360. The highest BCUT2D eigenvalue weighted by molar-refractivity contribution is 9.10. The van der Waals surface area contributed by atoms with E-state index in [9.17, 15) is 9.59 Å². The number of thioether (sulfide) groups is 1. The summed E-state index contributed by atoms with van der Waals surface area (Å²) in [4.78, 5) is 26.9. The van der Waals surface area contributed by atoms with Crippen LogP contribution in [0.4, 0.5) is 4.79 Å². The molecule has 37 heavy (non-hydrogen) atoms. The minimum atomic E-state index is -0.363. The van der Waals surface area contributed by atoms with Crippen molar-refractivity contribution in [1.29, 1.82) is 0 Å². The minimum Gasteiger partial charge on any atom is -0.493 e. The van der Waals surface area contributed by atoms with Crippen molar-refractivity contribution in [3.63, 3.8) is 0 Å². The van der Waals surface area contributed by atoms with Crippen LogP contribution in [0.5, 0.6) is 17.2 Å². The van der Waals surface area contributed by atoms with E-state index in [0.717, 1.165) is 22.9 Å². The Morgan fingerprint density at radius 3 is 2.46 bits per heavy atom. The van der Waals surface area contributed by atoms with Gasteiger partial charge >= 0.3 is 0 Å². The molecule has 0 aromatic heterocycles. The summed E-state index contributed by atoms with van der Waals surface area (Å²) in [5, 5.41) is 0.577. The molecule has 2 amide bonds. The van der Waals surface area contributed by atoms with E-state index < -0.39 is 0 Å². The van der Waals surface area contributed by atoms with Crippen molar-refractivity contribution in [3.05, 3.63) is 90.7 Å². The predicted molar refractivity (Wildman–Crippen MR) is 151 cm³/mol. The second kappa shape index (κ2) is 12.3. The molecular formula is C27H22BrCl2NO5S. The fraction of sp³-hybridized carbons (Fsp3) is 0.185. The van der Waals surface area contributed by atoms with Crippen LogP contribution in [0.1, 0.15) is 16.7 Å². The number of benzene rings is 3. The van der Waals surface area contributed by atoms with Crippen LogP contribution >= 0.6 is 50.9 Å². The first-order chi connectivity index (χ1) is 17.7. The van der Waals surface area contributed by atoms with Gasteiger partial charge in [0, 0.05) is 0 Å². The molecule has 0 spiro atoms. The van der Waals surface area contributed by atoms with Gasteiger partial charge in [0.15, 0.2) is 11.5 Å². The lowest BCUT2D eigenvalue weighted by Crippen LogP contribution is -2.32. The standard InChI is InChI=1S/C27H22BrCl2NO5S/c1-16-3-6-19(7-4-16)35-10-9-31-26(32)24(37-27(31)33)14-18-11-20(28)25(23(13-18)34-2)36-15-17-5-8-21(29)22(30)12-17/h3-8,11-14H,9-10,15H2,1-2H3/b24-14-. The first kappa shape index (κ1) is 27.4. The highest BCUT2D eigenvalue weighted by Crippen LogP contribution is 2.39. The predicted octanol–water partition coefficient (Wildman–Crippen LogP) is 7.77. The van der Waals surface area contributed by atoms with Gasteiger partial charge in [-0.3, -0.25) is 14.5 Å². The maximum Gasteiger partial charge on any atom is 0.293 e. The number of aryl methyl sites for hydroxylation is 1.